The molecule has 0 aliphatic heterocycles. The summed E-state index contributed by atoms with van der Waals surface area (Å²) in [7, 11) is 1.62. The average molecular weight is 264 g/mol. The van der Waals surface area contributed by atoms with Gasteiger partial charge in [-0.05, 0) is 12.5 Å². The van der Waals surface area contributed by atoms with Crippen molar-refractivity contribution >= 4 is 5.78 Å². The summed E-state index contributed by atoms with van der Waals surface area (Å²) in [5.74, 6) is 1.64. The van der Waals surface area contributed by atoms with Gasteiger partial charge in [0.25, 0.3) is 0 Å². The Labute approximate surface area is 115 Å². The van der Waals surface area contributed by atoms with Gasteiger partial charge >= 0.3 is 0 Å². The number of methoxy groups -OCH3 is 1. The average Bonchev–Trinajstić information content (AvgIpc) is 2.43. The van der Waals surface area contributed by atoms with E-state index >= 15 is 0 Å². The molecule has 0 amide bonds. The fourth-order valence-electron chi connectivity index (χ4n) is 1.92. The molecule has 0 heterocycles. The summed E-state index contributed by atoms with van der Waals surface area (Å²) in [6, 6.07) is 5.73. The molecular formula is C16H24O3. The number of rotatable bonds is 9. The van der Waals surface area contributed by atoms with E-state index in [9.17, 15) is 4.79 Å². The first-order valence-electron chi connectivity index (χ1n) is 7.03. The van der Waals surface area contributed by atoms with Crippen LogP contribution in [-0.4, -0.2) is 19.5 Å². The molecule has 0 N–H and O–H groups in total. The lowest BCUT2D eigenvalue weighted by Crippen LogP contribution is -2.05. The van der Waals surface area contributed by atoms with Crippen LogP contribution in [0.4, 0.5) is 0 Å². The third kappa shape index (κ3) is 4.93. The minimum Gasteiger partial charge on any atom is -0.493 e. The van der Waals surface area contributed by atoms with Gasteiger partial charge in [-0.15, -0.1) is 0 Å². The van der Waals surface area contributed by atoms with E-state index in [4.69, 9.17) is 9.47 Å². The van der Waals surface area contributed by atoms with Crippen molar-refractivity contribution in [1.82, 2.24) is 0 Å². The number of ether oxygens (including phenoxy) is 2. The highest BCUT2D eigenvalue weighted by Crippen LogP contribution is 2.31. The van der Waals surface area contributed by atoms with Crippen molar-refractivity contribution in [3.05, 3.63) is 23.8 Å². The first kappa shape index (κ1) is 15.5. The predicted octanol–water partition coefficient (Wildman–Crippen LogP) is 3.79. The first-order chi connectivity index (χ1) is 9.22. The summed E-state index contributed by atoms with van der Waals surface area (Å²) >= 11 is 0. The molecule has 0 aromatic heterocycles. The number of para-hydroxylation sites is 1. The first-order valence-corrected chi connectivity index (χ1v) is 7.03. The van der Waals surface area contributed by atoms with Gasteiger partial charge in [0.05, 0.1) is 13.7 Å². The van der Waals surface area contributed by atoms with Gasteiger partial charge in [0.2, 0.25) is 0 Å². The van der Waals surface area contributed by atoms with E-state index in [0.717, 1.165) is 24.2 Å². The molecule has 0 bridgehead atoms. The number of hydrogen-bond donors (Lipinski definition) is 0. The Kier molecular flexibility index (Phi) is 7.01. The SMILES string of the molecule is CCCCCOc1cccc(CC(=O)CC)c1OC. The van der Waals surface area contributed by atoms with Crippen LogP contribution in [0.25, 0.3) is 0 Å². The molecule has 19 heavy (non-hydrogen) atoms. The summed E-state index contributed by atoms with van der Waals surface area (Å²) in [5.41, 5.74) is 0.905. The van der Waals surface area contributed by atoms with Crippen LogP contribution in [0.5, 0.6) is 11.5 Å². The van der Waals surface area contributed by atoms with Gasteiger partial charge in [0, 0.05) is 18.4 Å². The number of carbonyl (C=O) groups excluding carboxylic acids is 1. The van der Waals surface area contributed by atoms with Crippen LogP contribution in [0.1, 0.15) is 45.1 Å². The zero-order chi connectivity index (χ0) is 14.1. The van der Waals surface area contributed by atoms with Crippen molar-refractivity contribution in [2.45, 2.75) is 46.0 Å². The summed E-state index contributed by atoms with van der Waals surface area (Å²) in [5, 5.41) is 0. The third-order valence-electron chi connectivity index (χ3n) is 3.05. The van der Waals surface area contributed by atoms with Crippen LogP contribution in [0.15, 0.2) is 18.2 Å². The van der Waals surface area contributed by atoms with E-state index in [1.54, 1.807) is 7.11 Å². The zero-order valence-corrected chi connectivity index (χ0v) is 12.2. The summed E-state index contributed by atoms with van der Waals surface area (Å²) in [4.78, 5) is 11.6. The second kappa shape index (κ2) is 8.57. The number of unbranched alkanes of at least 4 members (excludes halogenated alkanes) is 2. The fraction of sp³-hybridized carbons (Fsp3) is 0.562. The maximum atomic E-state index is 11.6. The van der Waals surface area contributed by atoms with Crippen LogP contribution >= 0.6 is 0 Å². The zero-order valence-electron chi connectivity index (χ0n) is 12.2. The molecule has 0 saturated heterocycles. The smallest absolute Gasteiger partial charge is 0.164 e. The van der Waals surface area contributed by atoms with E-state index in [1.165, 1.54) is 6.42 Å². The quantitative estimate of drug-likeness (QED) is 0.637. The molecule has 3 nitrogen and oxygen atoms in total. The fourth-order valence-corrected chi connectivity index (χ4v) is 1.92. The van der Waals surface area contributed by atoms with Crippen molar-refractivity contribution in [2.75, 3.05) is 13.7 Å². The van der Waals surface area contributed by atoms with Gasteiger partial charge in [-0.2, -0.15) is 0 Å². The number of carbonyl (C=O) groups is 1. The standard InChI is InChI=1S/C16H24O3/c1-4-6-7-11-19-15-10-8-9-13(16(15)18-3)12-14(17)5-2/h8-10H,4-7,11-12H2,1-3H3. The van der Waals surface area contributed by atoms with E-state index in [-0.39, 0.29) is 5.78 Å². The molecule has 106 valence electrons. The molecule has 1 aromatic rings. The molecule has 0 saturated carbocycles. The maximum Gasteiger partial charge on any atom is 0.164 e. The van der Waals surface area contributed by atoms with Crippen LogP contribution in [0.3, 0.4) is 0 Å². The minimum atomic E-state index is 0.210. The van der Waals surface area contributed by atoms with E-state index in [2.05, 4.69) is 6.92 Å². The lowest BCUT2D eigenvalue weighted by atomic mass is 10.1. The maximum absolute atomic E-state index is 11.6. The lowest BCUT2D eigenvalue weighted by molar-refractivity contribution is -0.118. The van der Waals surface area contributed by atoms with E-state index < -0.39 is 0 Å². The second-order valence-corrected chi connectivity index (χ2v) is 4.57. The van der Waals surface area contributed by atoms with Gasteiger partial charge in [0.15, 0.2) is 11.5 Å². The second-order valence-electron chi connectivity index (χ2n) is 4.57. The van der Waals surface area contributed by atoms with Gasteiger partial charge in [-0.1, -0.05) is 38.8 Å². The normalized spacial score (nSPS) is 10.3. The van der Waals surface area contributed by atoms with Crippen molar-refractivity contribution in [3.63, 3.8) is 0 Å². The van der Waals surface area contributed by atoms with Crippen molar-refractivity contribution in [1.29, 1.82) is 0 Å². The Morgan fingerprint density at radius 2 is 2.00 bits per heavy atom. The minimum absolute atomic E-state index is 0.210. The molecule has 0 atom stereocenters. The third-order valence-corrected chi connectivity index (χ3v) is 3.05. The van der Waals surface area contributed by atoms with Crippen LogP contribution < -0.4 is 9.47 Å². The summed E-state index contributed by atoms with van der Waals surface area (Å²) in [6.07, 6.45) is 4.33. The Morgan fingerprint density at radius 1 is 1.21 bits per heavy atom. The predicted molar refractivity (Wildman–Crippen MR) is 77.0 cm³/mol. The highest BCUT2D eigenvalue weighted by atomic mass is 16.5. The lowest BCUT2D eigenvalue weighted by Gasteiger charge is -2.14. The molecule has 3 heteroatoms. The monoisotopic (exact) mass is 264 g/mol. The Morgan fingerprint density at radius 3 is 2.63 bits per heavy atom. The van der Waals surface area contributed by atoms with Crippen molar-refractivity contribution in [3.8, 4) is 11.5 Å². The summed E-state index contributed by atoms with van der Waals surface area (Å²) in [6.45, 7) is 4.73. The molecular weight excluding hydrogens is 240 g/mol. The number of Topliss-reactive ketones (excluding diaryl/α,β-unsaturated/α-hetero) is 1. The molecule has 0 spiro atoms. The number of hydrogen-bond acceptors (Lipinski definition) is 3. The Hall–Kier alpha value is -1.51. The van der Waals surface area contributed by atoms with Crippen molar-refractivity contribution < 1.29 is 14.3 Å². The highest BCUT2D eigenvalue weighted by molar-refractivity contribution is 5.81. The molecule has 0 fully saturated rings. The topological polar surface area (TPSA) is 35.5 Å². The molecule has 0 aliphatic rings. The highest BCUT2D eigenvalue weighted by Gasteiger charge is 2.12. The summed E-state index contributed by atoms with van der Waals surface area (Å²) < 4.78 is 11.2. The number of ketones is 1. The van der Waals surface area contributed by atoms with Crippen LogP contribution in [-0.2, 0) is 11.2 Å². The van der Waals surface area contributed by atoms with Gasteiger partial charge < -0.3 is 9.47 Å². The molecule has 0 aliphatic carbocycles. The van der Waals surface area contributed by atoms with E-state index in [0.29, 0.717) is 25.2 Å². The van der Waals surface area contributed by atoms with Crippen molar-refractivity contribution in [2.24, 2.45) is 0 Å². The van der Waals surface area contributed by atoms with Gasteiger partial charge in [-0.3, -0.25) is 4.79 Å². The van der Waals surface area contributed by atoms with Crippen LogP contribution in [0, 0.1) is 0 Å². The Balaban J connectivity index is 2.75. The molecule has 0 unspecified atom stereocenters. The van der Waals surface area contributed by atoms with Gasteiger partial charge in [-0.25, -0.2) is 0 Å². The largest absolute Gasteiger partial charge is 0.493 e. The molecule has 0 radical (unpaired) electrons. The van der Waals surface area contributed by atoms with Gasteiger partial charge in [0.1, 0.15) is 5.78 Å². The van der Waals surface area contributed by atoms with E-state index in [1.807, 2.05) is 25.1 Å². The Bertz CT molecular complexity index is 399. The molecule has 1 rings (SSSR count). The van der Waals surface area contributed by atoms with Crippen LogP contribution in [0.2, 0.25) is 0 Å². The molecule has 1 aromatic carbocycles. The number of benzene rings is 1.